The van der Waals surface area contributed by atoms with Crippen LogP contribution in [0.25, 0.3) is 0 Å². The maximum atomic E-state index is 4.88. The molecule has 0 aromatic heterocycles. The quantitative estimate of drug-likeness (QED) is 0.190. The topological polar surface area (TPSA) is 0 Å². The van der Waals surface area contributed by atoms with E-state index < -0.39 is 16.5 Å². The molecule has 148 valence electrons. The van der Waals surface area contributed by atoms with Crippen molar-refractivity contribution in [2.75, 3.05) is 37.0 Å². The van der Waals surface area contributed by atoms with Crippen LogP contribution >= 0.6 is 44.1 Å². The SMILES string of the molecule is CCP(CC)CC.CCP(CC)CC.CC[Se].[Cl][Pt].[Cl][Pt][Cl]. The molecule has 0 aliphatic heterocycles. The summed E-state index contributed by atoms with van der Waals surface area (Å²) in [6, 6.07) is 0. The van der Waals surface area contributed by atoms with Gasteiger partial charge in [-0.1, -0.05) is 41.5 Å². The molecule has 0 rings (SSSR count). The van der Waals surface area contributed by atoms with Gasteiger partial charge in [-0.2, -0.15) is 0 Å². The summed E-state index contributed by atoms with van der Waals surface area (Å²) in [6.07, 6.45) is 8.51. The summed E-state index contributed by atoms with van der Waals surface area (Å²) in [5.74, 6) is 0. The average Bonchev–Trinajstić information content (AvgIpc) is 2.55. The fourth-order valence-corrected chi connectivity index (χ4v) is 4.02. The molecule has 0 aromatic carbocycles. The Morgan fingerprint density at radius 1 is 0.682 bits per heavy atom. The van der Waals surface area contributed by atoms with Gasteiger partial charge in [-0.3, -0.25) is 0 Å². The Balaban J connectivity index is -0.0000000601. The van der Waals surface area contributed by atoms with Crippen molar-refractivity contribution in [3.8, 4) is 0 Å². The number of hydrogen-bond donors (Lipinski definition) is 0. The Kier molecular flexibility index (Phi) is 73.5. The van der Waals surface area contributed by atoms with Crippen LogP contribution in [0.3, 0.4) is 0 Å². The molecule has 22 heavy (non-hydrogen) atoms. The molecule has 0 unspecified atom stereocenters. The molecule has 0 nitrogen and oxygen atoms in total. The summed E-state index contributed by atoms with van der Waals surface area (Å²) < 4.78 is 0. The second-order valence-electron chi connectivity index (χ2n) is 3.57. The van der Waals surface area contributed by atoms with Crippen LogP contribution < -0.4 is 0 Å². The van der Waals surface area contributed by atoms with E-state index in [-0.39, 0.29) is 0 Å². The van der Waals surface area contributed by atoms with E-state index in [1.54, 1.807) is 18.8 Å². The summed E-state index contributed by atoms with van der Waals surface area (Å²) in [6.45, 7) is 15.8. The fourth-order valence-electron chi connectivity index (χ4n) is 1.34. The number of hydrogen-bond acceptors (Lipinski definition) is 0. The Morgan fingerprint density at radius 2 is 0.773 bits per heavy atom. The molecule has 0 spiro atoms. The molecular weight excluding hydrogens is 806 g/mol. The van der Waals surface area contributed by atoms with Gasteiger partial charge in [0.15, 0.2) is 0 Å². The van der Waals surface area contributed by atoms with E-state index in [0.717, 1.165) is 5.32 Å². The first kappa shape index (κ1) is 36.5. The maximum absolute atomic E-state index is 4.88. The van der Waals surface area contributed by atoms with Crippen molar-refractivity contribution in [1.29, 1.82) is 0 Å². The van der Waals surface area contributed by atoms with Crippen LogP contribution in [0.1, 0.15) is 48.5 Å². The first-order valence-corrected chi connectivity index (χ1v) is 20.9. The van der Waals surface area contributed by atoms with Crippen LogP contribution in [-0.2, 0) is 35.3 Å². The summed E-state index contributed by atoms with van der Waals surface area (Å²) >= 11 is 3.94. The van der Waals surface area contributed by atoms with Gasteiger partial charge in [-0.05, 0) is 37.0 Å². The zero-order chi connectivity index (χ0) is 18.8. The molecule has 0 N–H and O–H groups in total. The van der Waals surface area contributed by atoms with Gasteiger partial charge in [0.1, 0.15) is 0 Å². The third-order valence-electron chi connectivity index (χ3n) is 2.68. The second kappa shape index (κ2) is 44.2. The monoisotopic (exact) mass is 840 g/mol. The average molecular weight is 841 g/mol. The Labute approximate surface area is 184 Å². The summed E-state index contributed by atoms with van der Waals surface area (Å²) in [4.78, 5) is 0. The van der Waals surface area contributed by atoms with E-state index in [1.165, 1.54) is 37.0 Å². The summed E-state index contributed by atoms with van der Waals surface area (Å²) in [7, 11) is 15.3. The first-order chi connectivity index (χ1) is 10.5. The molecule has 0 aliphatic rings. The zero-order valence-electron chi connectivity index (χ0n) is 15.0. The van der Waals surface area contributed by atoms with Gasteiger partial charge in [0.05, 0.1) is 0 Å². The molecule has 0 heterocycles. The number of halogens is 3. The fraction of sp³-hybridized carbons (Fsp3) is 1.00. The van der Waals surface area contributed by atoms with Gasteiger partial charge in [0.25, 0.3) is 0 Å². The molecule has 0 amide bonds. The molecule has 8 heteroatoms. The van der Waals surface area contributed by atoms with E-state index in [4.69, 9.17) is 18.8 Å². The molecule has 0 bridgehead atoms. The Morgan fingerprint density at radius 3 is 0.773 bits per heavy atom. The molecule has 0 atom stereocenters. The van der Waals surface area contributed by atoms with Crippen molar-refractivity contribution in [3.05, 3.63) is 0 Å². The first-order valence-electron chi connectivity index (χ1n) is 7.49. The normalized spacial score (nSPS) is 8.68. The van der Waals surface area contributed by atoms with E-state index in [9.17, 15) is 0 Å². The van der Waals surface area contributed by atoms with E-state index in [1.807, 2.05) is 0 Å². The standard InChI is InChI=1S/2C6H15P.C2H5Se.3ClH.2Pt/c2*1-4-7(5-2)6-3;1-2-3;;;;;/h2*4-6H2,1-3H3;2H2,1H3;3*1H;;/q;;;;;;+1;+2/p-3. The van der Waals surface area contributed by atoms with Crippen molar-refractivity contribution < 1.29 is 35.3 Å². The van der Waals surface area contributed by atoms with Gasteiger partial charge < -0.3 is 0 Å². The van der Waals surface area contributed by atoms with E-state index in [0.29, 0.717) is 15.8 Å². The van der Waals surface area contributed by atoms with Crippen LogP contribution in [-0.4, -0.2) is 53.0 Å². The molecular formula is C14H35Cl3P2Pt2Se. The molecule has 0 fully saturated rings. The Hall–Kier alpha value is 3.63. The van der Waals surface area contributed by atoms with Crippen molar-refractivity contribution in [2.24, 2.45) is 0 Å². The minimum absolute atomic E-state index is 0.446. The molecule has 0 saturated carbocycles. The van der Waals surface area contributed by atoms with Crippen LogP contribution in [0.2, 0.25) is 5.32 Å². The van der Waals surface area contributed by atoms with Gasteiger partial charge in [-0.25, -0.2) is 0 Å². The molecule has 0 saturated heterocycles. The third-order valence-corrected chi connectivity index (χ3v) is 8.05. The molecule has 1 radical (unpaired) electrons. The van der Waals surface area contributed by atoms with Crippen molar-refractivity contribution in [3.63, 3.8) is 0 Å². The summed E-state index contributed by atoms with van der Waals surface area (Å²) in [5.41, 5.74) is 0. The van der Waals surface area contributed by atoms with Gasteiger partial charge >= 0.3 is 91.8 Å². The van der Waals surface area contributed by atoms with Gasteiger partial charge in [0, 0.05) is 0 Å². The third kappa shape index (κ3) is 49.5. The van der Waals surface area contributed by atoms with Crippen LogP contribution in [0.4, 0.5) is 0 Å². The number of rotatable bonds is 6. The van der Waals surface area contributed by atoms with Crippen molar-refractivity contribution >= 4 is 60.1 Å². The zero-order valence-corrected chi connectivity index (χ0v) is 25.3. The van der Waals surface area contributed by atoms with Gasteiger partial charge in [0.2, 0.25) is 0 Å². The predicted molar refractivity (Wildman–Crippen MR) is 111 cm³/mol. The van der Waals surface area contributed by atoms with E-state index in [2.05, 4.69) is 73.9 Å². The van der Waals surface area contributed by atoms with E-state index >= 15 is 0 Å². The van der Waals surface area contributed by atoms with Crippen molar-refractivity contribution in [2.45, 2.75) is 53.8 Å². The Bertz CT molecular complexity index is 110. The van der Waals surface area contributed by atoms with Crippen molar-refractivity contribution in [1.82, 2.24) is 0 Å². The van der Waals surface area contributed by atoms with Gasteiger partial charge in [-0.15, -0.1) is 15.8 Å². The van der Waals surface area contributed by atoms with Crippen LogP contribution in [0.15, 0.2) is 0 Å². The predicted octanol–water partition coefficient (Wildman–Crippen LogP) is 7.71. The molecule has 0 aromatic rings. The second-order valence-corrected chi connectivity index (χ2v) is 14.5. The summed E-state index contributed by atoms with van der Waals surface area (Å²) in [5, 5.41) is 1.12. The minimum atomic E-state index is -0.472. The van der Waals surface area contributed by atoms with Crippen LogP contribution in [0, 0.1) is 0 Å². The molecule has 0 aliphatic carbocycles. The van der Waals surface area contributed by atoms with Crippen LogP contribution in [0.5, 0.6) is 0 Å².